The largest absolute Gasteiger partial charge is 0.477 e. The zero-order chi connectivity index (χ0) is 16.4. The SMILES string of the molecule is CC(C)CN(CC(C)C)S(=O)(=O)c1cc(C(=O)O)n(C)c1. The highest BCUT2D eigenvalue weighted by atomic mass is 32.2. The highest BCUT2D eigenvalue weighted by Crippen LogP contribution is 2.21. The molecule has 1 rings (SSSR count). The van der Waals surface area contributed by atoms with Gasteiger partial charge in [0.2, 0.25) is 10.0 Å². The Labute approximate surface area is 126 Å². The normalized spacial score (nSPS) is 12.6. The van der Waals surface area contributed by atoms with Gasteiger partial charge >= 0.3 is 5.97 Å². The van der Waals surface area contributed by atoms with Crippen molar-refractivity contribution in [2.75, 3.05) is 13.1 Å². The second-order valence-corrected chi connectivity index (χ2v) is 8.02. The van der Waals surface area contributed by atoms with Crippen LogP contribution in [0.3, 0.4) is 0 Å². The molecular formula is C14H24N2O4S. The number of hydrogen-bond donors (Lipinski definition) is 1. The average molecular weight is 316 g/mol. The Balaban J connectivity index is 3.21. The van der Waals surface area contributed by atoms with Crippen LogP contribution in [0.25, 0.3) is 0 Å². The van der Waals surface area contributed by atoms with Crippen molar-refractivity contribution in [3.8, 4) is 0 Å². The molecule has 1 N–H and O–H groups in total. The Morgan fingerprint density at radius 1 is 1.24 bits per heavy atom. The lowest BCUT2D eigenvalue weighted by Crippen LogP contribution is -2.36. The van der Waals surface area contributed by atoms with Crippen LogP contribution in [0.4, 0.5) is 0 Å². The molecular weight excluding hydrogens is 292 g/mol. The third-order valence-electron chi connectivity index (χ3n) is 2.97. The van der Waals surface area contributed by atoms with Gasteiger partial charge in [0.1, 0.15) is 10.6 Å². The van der Waals surface area contributed by atoms with Gasteiger partial charge in [0, 0.05) is 26.3 Å². The standard InChI is InChI=1S/C14H24N2O4S/c1-10(2)7-16(8-11(3)4)21(19,20)12-6-13(14(17)18)15(5)9-12/h6,9-11H,7-8H2,1-5H3,(H,17,18). The van der Waals surface area contributed by atoms with Crippen LogP contribution in [0, 0.1) is 11.8 Å². The molecule has 0 saturated heterocycles. The third kappa shape index (κ3) is 4.31. The Hall–Kier alpha value is -1.34. The van der Waals surface area contributed by atoms with Crippen molar-refractivity contribution in [2.24, 2.45) is 18.9 Å². The van der Waals surface area contributed by atoms with Gasteiger partial charge in [-0.25, -0.2) is 13.2 Å². The van der Waals surface area contributed by atoms with Crippen molar-refractivity contribution in [1.29, 1.82) is 0 Å². The van der Waals surface area contributed by atoms with Crippen molar-refractivity contribution in [1.82, 2.24) is 8.87 Å². The molecule has 120 valence electrons. The molecule has 7 heteroatoms. The minimum atomic E-state index is -3.68. The van der Waals surface area contributed by atoms with Gasteiger partial charge < -0.3 is 9.67 Å². The van der Waals surface area contributed by atoms with Gasteiger partial charge in [-0.15, -0.1) is 0 Å². The van der Waals surface area contributed by atoms with E-state index >= 15 is 0 Å². The summed E-state index contributed by atoms with van der Waals surface area (Å²) in [7, 11) is -2.15. The lowest BCUT2D eigenvalue weighted by Gasteiger charge is -2.25. The molecule has 0 fully saturated rings. The zero-order valence-electron chi connectivity index (χ0n) is 13.2. The summed E-state index contributed by atoms with van der Waals surface area (Å²) >= 11 is 0. The van der Waals surface area contributed by atoms with E-state index in [9.17, 15) is 13.2 Å². The average Bonchev–Trinajstić information content (AvgIpc) is 2.70. The number of aryl methyl sites for hydroxylation is 1. The number of rotatable bonds is 7. The molecule has 0 bridgehead atoms. The summed E-state index contributed by atoms with van der Waals surface area (Å²) in [4.78, 5) is 11.1. The maximum absolute atomic E-state index is 12.7. The van der Waals surface area contributed by atoms with Crippen LogP contribution < -0.4 is 0 Å². The van der Waals surface area contributed by atoms with Crippen molar-refractivity contribution in [3.63, 3.8) is 0 Å². The molecule has 0 unspecified atom stereocenters. The molecule has 21 heavy (non-hydrogen) atoms. The van der Waals surface area contributed by atoms with E-state index in [1.165, 1.54) is 28.2 Å². The van der Waals surface area contributed by atoms with Crippen LogP contribution in [0.15, 0.2) is 17.2 Å². The van der Waals surface area contributed by atoms with Crippen molar-refractivity contribution < 1.29 is 18.3 Å². The lowest BCUT2D eigenvalue weighted by atomic mass is 10.2. The number of aromatic nitrogens is 1. The minimum Gasteiger partial charge on any atom is -0.477 e. The maximum atomic E-state index is 12.7. The van der Waals surface area contributed by atoms with E-state index in [1.54, 1.807) is 0 Å². The van der Waals surface area contributed by atoms with E-state index in [-0.39, 0.29) is 22.4 Å². The lowest BCUT2D eigenvalue weighted by molar-refractivity contribution is 0.0686. The van der Waals surface area contributed by atoms with E-state index in [0.29, 0.717) is 13.1 Å². The van der Waals surface area contributed by atoms with E-state index < -0.39 is 16.0 Å². The summed E-state index contributed by atoms with van der Waals surface area (Å²) in [6.07, 6.45) is 1.35. The highest BCUT2D eigenvalue weighted by molar-refractivity contribution is 7.89. The molecule has 1 heterocycles. The van der Waals surface area contributed by atoms with Crippen molar-refractivity contribution in [3.05, 3.63) is 18.0 Å². The van der Waals surface area contributed by atoms with Gasteiger partial charge in [-0.05, 0) is 17.9 Å². The first-order valence-corrected chi connectivity index (χ1v) is 8.39. The van der Waals surface area contributed by atoms with Crippen LogP contribution in [0.1, 0.15) is 38.2 Å². The number of sulfonamides is 1. The van der Waals surface area contributed by atoms with Gasteiger partial charge in [0.05, 0.1) is 0 Å². The van der Waals surface area contributed by atoms with Crippen LogP contribution in [-0.2, 0) is 17.1 Å². The summed E-state index contributed by atoms with van der Waals surface area (Å²) in [5.74, 6) is -0.749. The molecule has 0 radical (unpaired) electrons. The number of carbonyl (C=O) groups is 1. The number of aromatic carboxylic acids is 1. The first-order chi connectivity index (χ1) is 9.55. The first kappa shape index (κ1) is 17.7. The van der Waals surface area contributed by atoms with E-state index in [0.717, 1.165) is 0 Å². The van der Waals surface area contributed by atoms with Crippen molar-refractivity contribution >= 4 is 16.0 Å². The van der Waals surface area contributed by atoms with Gasteiger partial charge in [0.15, 0.2) is 0 Å². The predicted molar refractivity (Wildman–Crippen MR) is 80.8 cm³/mol. The van der Waals surface area contributed by atoms with Crippen LogP contribution in [0.5, 0.6) is 0 Å². The summed E-state index contributed by atoms with van der Waals surface area (Å²) < 4.78 is 28.2. The highest BCUT2D eigenvalue weighted by Gasteiger charge is 2.28. The van der Waals surface area contributed by atoms with E-state index in [1.807, 2.05) is 27.7 Å². The van der Waals surface area contributed by atoms with Gasteiger partial charge in [-0.2, -0.15) is 4.31 Å². The monoisotopic (exact) mass is 316 g/mol. The fourth-order valence-electron chi connectivity index (χ4n) is 2.12. The number of hydrogen-bond acceptors (Lipinski definition) is 3. The molecule has 0 aliphatic carbocycles. The number of carboxylic acid groups (broad SMARTS) is 1. The molecule has 1 aromatic rings. The van der Waals surface area contributed by atoms with Gasteiger partial charge in [0.25, 0.3) is 0 Å². The summed E-state index contributed by atoms with van der Waals surface area (Å²) in [6, 6.07) is 1.21. The molecule has 0 atom stereocenters. The molecule has 0 aromatic carbocycles. The topological polar surface area (TPSA) is 79.6 Å². The fourth-order valence-corrected chi connectivity index (χ4v) is 3.96. The van der Waals surface area contributed by atoms with Gasteiger partial charge in [-0.3, -0.25) is 0 Å². The zero-order valence-corrected chi connectivity index (χ0v) is 14.0. The Kier molecular flexibility index (Phi) is 5.58. The molecule has 6 nitrogen and oxygen atoms in total. The molecule has 1 aromatic heterocycles. The van der Waals surface area contributed by atoms with Crippen molar-refractivity contribution in [2.45, 2.75) is 32.6 Å². The second kappa shape index (κ2) is 6.62. The summed E-state index contributed by atoms with van der Waals surface area (Å²) in [5, 5.41) is 9.04. The summed E-state index contributed by atoms with van der Waals surface area (Å²) in [5.41, 5.74) is -0.0392. The van der Waals surface area contributed by atoms with Gasteiger partial charge in [-0.1, -0.05) is 27.7 Å². The molecule has 0 aliphatic rings. The Morgan fingerprint density at radius 3 is 2.05 bits per heavy atom. The molecule has 0 saturated carbocycles. The predicted octanol–water partition coefficient (Wildman–Crippen LogP) is 2.03. The fraction of sp³-hybridized carbons (Fsp3) is 0.643. The van der Waals surface area contributed by atoms with Crippen LogP contribution in [0.2, 0.25) is 0 Å². The minimum absolute atomic E-state index is 0.0312. The molecule has 0 aliphatic heterocycles. The maximum Gasteiger partial charge on any atom is 0.352 e. The Morgan fingerprint density at radius 2 is 1.71 bits per heavy atom. The molecule has 0 spiro atoms. The molecule has 0 amide bonds. The van der Waals surface area contributed by atoms with E-state index in [4.69, 9.17) is 5.11 Å². The van der Waals surface area contributed by atoms with Crippen LogP contribution >= 0.6 is 0 Å². The quantitative estimate of drug-likeness (QED) is 0.834. The van der Waals surface area contributed by atoms with Crippen LogP contribution in [-0.4, -0.2) is 41.5 Å². The Bertz CT molecular complexity index is 592. The summed E-state index contributed by atoms with van der Waals surface area (Å²) in [6.45, 7) is 8.65. The second-order valence-electron chi connectivity index (χ2n) is 6.09. The number of nitrogens with zero attached hydrogens (tertiary/aromatic N) is 2. The first-order valence-electron chi connectivity index (χ1n) is 6.95. The smallest absolute Gasteiger partial charge is 0.352 e. The number of carboxylic acids is 1. The third-order valence-corrected chi connectivity index (χ3v) is 4.77. The van der Waals surface area contributed by atoms with E-state index in [2.05, 4.69) is 0 Å².